The molecule has 33 heavy (non-hydrogen) atoms. The minimum atomic E-state index is -0.975. The Kier molecular flexibility index (Phi) is 13.0. The molecule has 1 rings (SSSR count). The first-order valence-electron chi connectivity index (χ1n) is 13.3. The Morgan fingerprint density at radius 2 is 1.27 bits per heavy atom. The highest BCUT2D eigenvalue weighted by Crippen LogP contribution is 2.38. The van der Waals surface area contributed by atoms with Gasteiger partial charge in [0.1, 0.15) is 5.60 Å². The number of hydrogen-bond donors (Lipinski definition) is 0. The summed E-state index contributed by atoms with van der Waals surface area (Å²) in [6, 6.07) is 1.23. The van der Waals surface area contributed by atoms with E-state index in [0.29, 0.717) is 12.5 Å². The first kappa shape index (κ1) is 32.2. The van der Waals surface area contributed by atoms with E-state index in [0.717, 1.165) is 25.2 Å². The molecule has 0 spiro atoms. The van der Waals surface area contributed by atoms with E-state index in [4.69, 9.17) is 9.47 Å². The lowest BCUT2D eigenvalue weighted by atomic mass is 9.75. The molecule has 0 atom stereocenters. The first-order chi connectivity index (χ1) is 14.9. The largest absolute Gasteiger partial charge is 0.465 e. The van der Waals surface area contributed by atoms with Crippen molar-refractivity contribution in [3.8, 4) is 0 Å². The Balaban J connectivity index is 0.000000633. The van der Waals surface area contributed by atoms with Gasteiger partial charge in [-0.05, 0) is 85.5 Å². The maximum Gasteiger partial charge on any atom is 0.312 e. The highest BCUT2D eigenvalue weighted by molar-refractivity contribution is 6.76. The van der Waals surface area contributed by atoms with Crippen molar-refractivity contribution in [3.05, 3.63) is 0 Å². The van der Waals surface area contributed by atoms with E-state index >= 15 is 0 Å². The van der Waals surface area contributed by atoms with E-state index in [1.165, 1.54) is 31.7 Å². The van der Waals surface area contributed by atoms with Crippen LogP contribution in [0.4, 0.5) is 0 Å². The zero-order valence-corrected chi connectivity index (χ0v) is 25.2. The topological polar surface area (TPSA) is 52.6 Å². The molecule has 1 aliphatic rings. The molecule has 0 aliphatic heterocycles. The van der Waals surface area contributed by atoms with Crippen molar-refractivity contribution in [2.24, 2.45) is 22.7 Å². The van der Waals surface area contributed by atoms with Gasteiger partial charge >= 0.3 is 11.9 Å². The third kappa shape index (κ3) is 12.4. The van der Waals surface area contributed by atoms with Gasteiger partial charge in [0.15, 0.2) is 0 Å². The summed E-state index contributed by atoms with van der Waals surface area (Å²) in [5.41, 5.74) is -0.998. The second-order valence-electron chi connectivity index (χ2n) is 13.2. The summed E-state index contributed by atoms with van der Waals surface area (Å²) in [6.07, 6.45) is 7.58. The van der Waals surface area contributed by atoms with Gasteiger partial charge in [0.25, 0.3) is 0 Å². The molecule has 0 bridgehead atoms. The summed E-state index contributed by atoms with van der Waals surface area (Å²) in [5, 5.41) is 0. The van der Waals surface area contributed by atoms with Gasteiger partial charge in [-0.25, -0.2) is 0 Å². The minimum Gasteiger partial charge on any atom is -0.465 e. The highest BCUT2D eigenvalue weighted by Gasteiger charge is 2.38. The maximum atomic E-state index is 12.2. The molecule has 0 saturated heterocycles. The summed E-state index contributed by atoms with van der Waals surface area (Å²) < 4.78 is 11.1. The lowest BCUT2D eigenvalue weighted by Crippen LogP contribution is -2.42. The summed E-state index contributed by atoms with van der Waals surface area (Å²) >= 11 is 0. The third-order valence-electron chi connectivity index (χ3n) is 7.53. The quantitative estimate of drug-likeness (QED) is 0.178. The van der Waals surface area contributed by atoms with Crippen LogP contribution in [0.15, 0.2) is 0 Å². The molecule has 0 amide bonds. The van der Waals surface area contributed by atoms with Crippen LogP contribution in [0.25, 0.3) is 0 Å². The minimum absolute atomic E-state index is 0.0476. The number of ether oxygens (including phenoxy) is 2. The van der Waals surface area contributed by atoms with Gasteiger partial charge in [0, 0.05) is 8.07 Å². The van der Waals surface area contributed by atoms with Gasteiger partial charge in [-0.15, -0.1) is 0 Å². The van der Waals surface area contributed by atoms with Crippen molar-refractivity contribution < 1.29 is 19.1 Å². The second kappa shape index (κ2) is 13.3. The fourth-order valence-electron chi connectivity index (χ4n) is 3.67. The van der Waals surface area contributed by atoms with Crippen LogP contribution >= 0.6 is 0 Å². The van der Waals surface area contributed by atoms with Crippen molar-refractivity contribution in [1.29, 1.82) is 0 Å². The van der Waals surface area contributed by atoms with E-state index in [2.05, 4.69) is 40.4 Å². The normalized spacial score (nSPS) is 19.9. The van der Waals surface area contributed by atoms with Crippen LogP contribution in [-0.4, -0.2) is 32.2 Å². The van der Waals surface area contributed by atoms with Crippen molar-refractivity contribution >= 4 is 20.0 Å². The van der Waals surface area contributed by atoms with E-state index in [1.54, 1.807) is 0 Å². The maximum absolute atomic E-state index is 12.2. The van der Waals surface area contributed by atoms with Crippen LogP contribution in [0.1, 0.15) is 107 Å². The van der Waals surface area contributed by atoms with Crippen LogP contribution in [-0.2, 0) is 19.1 Å². The Morgan fingerprint density at radius 3 is 1.70 bits per heavy atom. The van der Waals surface area contributed by atoms with Gasteiger partial charge < -0.3 is 9.47 Å². The monoisotopic (exact) mass is 484 g/mol. The lowest BCUT2D eigenvalue weighted by molar-refractivity contribution is -0.174. The molecule has 5 heteroatoms. The lowest BCUT2D eigenvalue weighted by Gasteiger charge is -2.39. The van der Waals surface area contributed by atoms with Gasteiger partial charge in [0.05, 0.1) is 17.4 Å². The molecule has 1 fully saturated rings. The Hall–Kier alpha value is -0.843. The number of carbonyl (C=O) groups is 2. The van der Waals surface area contributed by atoms with Gasteiger partial charge in [-0.1, -0.05) is 59.3 Å². The predicted octanol–water partition coefficient (Wildman–Crippen LogP) is 8.26. The molecule has 0 heterocycles. The summed E-state index contributed by atoms with van der Waals surface area (Å²) in [5.74, 6) is 1.25. The van der Waals surface area contributed by atoms with Gasteiger partial charge in [0.2, 0.25) is 0 Å². The highest BCUT2D eigenvalue weighted by atomic mass is 28.3. The molecule has 0 aromatic rings. The molecule has 1 saturated carbocycles. The SMILES string of the molecule is CCC(C)(C)C(=O)OC(C)(C)C1CCC(C)CC1.CCC(C)(C)C(=O)OCCC[Si](C)(C)C. The molecule has 0 N–H and O–H groups in total. The van der Waals surface area contributed by atoms with Crippen LogP contribution < -0.4 is 0 Å². The summed E-state index contributed by atoms with van der Waals surface area (Å²) in [6.45, 7) is 25.9. The molecule has 0 aromatic carbocycles. The second-order valence-corrected chi connectivity index (χ2v) is 18.8. The fourth-order valence-corrected chi connectivity index (χ4v) is 4.87. The molecule has 0 unspecified atom stereocenters. The molecule has 1 aliphatic carbocycles. The summed E-state index contributed by atoms with van der Waals surface area (Å²) in [7, 11) is -0.975. The number of carbonyl (C=O) groups excluding carboxylic acids is 2. The average molecular weight is 485 g/mol. The third-order valence-corrected chi connectivity index (χ3v) is 9.39. The van der Waals surface area contributed by atoms with Gasteiger partial charge in [-0.3, -0.25) is 9.59 Å². The van der Waals surface area contributed by atoms with Crippen molar-refractivity contribution in [3.63, 3.8) is 0 Å². The number of rotatable bonds is 10. The van der Waals surface area contributed by atoms with E-state index in [-0.39, 0.29) is 28.4 Å². The standard InChI is InChI=1S/C16H30O2.C12H26O2Si/c1-7-15(3,4)14(17)18-16(5,6)13-10-8-12(2)9-11-13;1-7-12(2,3)11(13)14-9-8-10-15(4,5)6/h12-13H,7-11H2,1-6H3;7-10H2,1-6H3. The molecule has 0 aromatic heterocycles. The summed E-state index contributed by atoms with van der Waals surface area (Å²) in [4.78, 5) is 23.8. The molecular formula is C28H56O4Si. The molecular weight excluding hydrogens is 428 g/mol. The van der Waals surface area contributed by atoms with Crippen molar-refractivity contribution in [2.75, 3.05) is 6.61 Å². The van der Waals surface area contributed by atoms with Crippen molar-refractivity contribution in [1.82, 2.24) is 0 Å². The Labute approximate surface area is 207 Å². The Bertz CT molecular complexity index is 594. The molecule has 196 valence electrons. The van der Waals surface area contributed by atoms with Crippen molar-refractivity contribution in [2.45, 2.75) is 139 Å². The van der Waals surface area contributed by atoms with Crippen LogP contribution in [0.2, 0.25) is 25.7 Å². The zero-order chi connectivity index (χ0) is 26.1. The molecule has 4 nitrogen and oxygen atoms in total. The fraction of sp³-hybridized carbons (Fsp3) is 0.929. The van der Waals surface area contributed by atoms with E-state index in [1.807, 2.05) is 41.5 Å². The van der Waals surface area contributed by atoms with Crippen LogP contribution in [0.5, 0.6) is 0 Å². The Morgan fingerprint density at radius 1 is 0.818 bits per heavy atom. The van der Waals surface area contributed by atoms with E-state index < -0.39 is 8.07 Å². The van der Waals surface area contributed by atoms with E-state index in [9.17, 15) is 9.59 Å². The average Bonchev–Trinajstić information content (AvgIpc) is 2.70. The zero-order valence-electron chi connectivity index (χ0n) is 24.2. The van der Waals surface area contributed by atoms with Crippen LogP contribution in [0.3, 0.4) is 0 Å². The van der Waals surface area contributed by atoms with Gasteiger partial charge in [-0.2, -0.15) is 0 Å². The predicted molar refractivity (Wildman–Crippen MR) is 143 cm³/mol. The number of hydrogen-bond acceptors (Lipinski definition) is 4. The van der Waals surface area contributed by atoms with Crippen LogP contribution in [0, 0.1) is 22.7 Å². The molecule has 0 radical (unpaired) electrons. The smallest absolute Gasteiger partial charge is 0.312 e. The number of esters is 2. The first-order valence-corrected chi connectivity index (χ1v) is 17.0.